The molecule has 2 aliphatic rings. The van der Waals surface area contributed by atoms with Crippen molar-refractivity contribution in [3.05, 3.63) is 57.7 Å². The van der Waals surface area contributed by atoms with Crippen LogP contribution in [0.2, 0.25) is 10.0 Å². The molecule has 4 rings (SSSR count). The van der Waals surface area contributed by atoms with E-state index >= 15 is 0 Å². The highest BCUT2D eigenvalue weighted by Crippen LogP contribution is 2.37. The van der Waals surface area contributed by atoms with Crippen molar-refractivity contribution < 1.29 is 9.59 Å². The molecule has 2 heterocycles. The van der Waals surface area contributed by atoms with Crippen molar-refractivity contribution in [3.8, 4) is 0 Å². The normalized spacial score (nSPS) is 20.5. The first-order valence-electron chi connectivity index (χ1n) is 9.41. The van der Waals surface area contributed by atoms with Gasteiger partial charge in [0.05, 0.1) is 5.02 Å². The van der Waals surface area contributed by atoms with Crippen molar-refractivity contribution in [2.75, 3.05) is 11.4 Å². The molecule has 1 aromatic carbocycles. The van der Waals surface area contributed by atoms with Gasteiger partial charge in [-0.05, 0) is 55.0 Å². The van der Waals surface area contributed by atoms with E-state index < -0.39 is 6.04 Å². The second-order valence-electron chi connectivity index (χ2n) is 7.50. The van der Waals surface area contributed by atoms with Crippen LogP contribution < -0.4 is 4.90 Å². The minimum Gasteiger partial charge on any atom is -0.324 e. The number of rotatable bonds is 4. The summed E-state index contributed by atoms with van der Waals surface area (Å²) in [6.07, 6.45) is 4.53. The molecule has 146 valence electrons. The third-order valence-electron chi connectivity index (χ3n) is 5.60. The fourth-order valence-corrected chi connectivity index (χ4v) is 4.27. The molecule has 1 aromatic heterocycles. The highest BCUT2D eigenvalue weighted by Gasteiger charge is 2.46. The number of aromatic nitrogens is 1. The Morgan fingerprint density at radius 2 is 1.82 bits per heavy atom. The number of amides is 2. The van der Waals surface area contributed by atoms with Gasteiger partial charge in [-0.3, -0.25) is 14.5 Å². The summed E-state index contributed by atoms with van der Waals surface area (Å²) in [5.41, 5.74) is 1.75. The molecule has 0 radical (unpaired) electrons. The van der Waals surface area contributed by atoms with Gasteiger partial charge in [-0.1, -0.05) is 41.8 Å². The number of aryl methyl sites for hydroxylation is 1. The predicted octanol–water partition coefficient (Wildman–Crippen LogP) is 4.24. The zero-order chi connectivity index (χ0) is 19.8. The van der Waals surface area contributed by atoms with Crippen molar-refractivity contribution in [2.24, 2.45) is 5.92 Å². The quantitative estimate of drug-likeness (QED) is 0.747. The topological polar surface area (TPSA) is 53.5 Å². The molecule has 2 amide bonds. The van der Waals surface area contributed by atoms with Crippen LogP contribution in [0.5, 0.6) is 0 Å². The van der Waals surface area contributed by atoms with Crippen LogP contribution in [0.25, 0.3) is 0 Å². The fourth-order valence-electron chi connectivity index (χ4n) is 3.93. The van der Waals surface area contributed by atoms with E-state index in [9.17, 15) is 9.59 Å². The standard InChI is InChI=1S/C21H21Cl2N3O2/c1-13-9-17(23)10-24-20(13)26-12-18(27)25(11-14-5-7-16(22)8-6-14)19(21(26)28)15-3-2-4-15/h5-10,15,19H,2-4,11-12H2,1H3/t19-/m0/s1. The van der Waals surface area contributed by atoms with Gasteiger partial charge in [0.15, 0.2) is 0 Å². The zero-order valence-electron chi connectivity index (χ0n) is 15.6. The van der Waals surface area contributed by atoms with E-state index in [-0.39, 0.29) is 24.3 Å². The third kappa shape index (κ3) is 3.61. The van der Waals surface area contributed by atoms with E-state index in [1.165, 1.54) is 11.1 Å². The van der Waals surface area contributed by atoms with E-state index in [1.54, 1.807) is 23.1 Å². The molecular formula is C21H21Cl2N3O2. The number of carbonyl (C=O) groups is 2. The van der Waals surface area contributed by atoms with Gasteiger partial charge in [0.2, 0.25) is 5.91 Å². The van der Waals surface area contributed by atoms with E-state index in [1.807, 2.05) is 19.1 Å². The van der Waals surface area contributed by atoms with Gasteiger partial charge in [-0.25, -0.2) is 4.98 Å². The maximum absolute atomic E-state index is 13.4. The first-order chi connectivity index (χ1) is 13.4. The molecule has 1 saturated heterocycles. The number of anilines is 1. The van der Waals surface area contributed by atoms with Crippen LogP contribution >= 0.6 is 23.2 Å². The van der Waals surface area contributed by atoms with Crippen molar-refractivity contribution in [1.29, 1.82) is 0 Å². The Bertz CT molecular complexity index is 912. The average Bonchev–Trinajstić information content (AvgIpc) is 2.61. The van der Waals surface area contributed by atoms with Gasteiger partial charge in [-0.2, -0.15) is 0 Å². The van der Waals surface area contributed by atoms with Crippen molar-refractivity contribution in [2.45, 2.75) is 38.8 Å². The maximum atomic E-state index is 13.4. The van der Waals surface area contributed by atoms with Gasteiger partial charge in [0, 0.05) is 17.8 Å². The molecule has 2 fully saturated rings. The monoisotopic (exact) mass is 417 g/mol. The Morgan fingerprint density at radius 1 is 1.11 bits per heavy atom. The summed E-state index contributed by atoms with van der Waals surface area (Å²) in [7, 11) is 0. The Morgan fingerprint density at radius 3 is 2.43 bits per heavy atom. The number of pyridine rings is 1. The van der Waals surface area contributed by atoms with Gasteiger partial charge >= 0.3 is 0 Å². The lowest BCUT2D eigenvalue weighted by Crippen LogP contribution is -2.63. The molecule has 7 heteroatoms. The van der Waals surface area contributed by atoms with Crippen LogP contribution in [-0.2, 0) is 16.1 Å². The molecule has 1 saturated carbocycles. The third-order valence-corrected chi connectivity index (χ3v) is 6.06. The Hall–Kier alpha value is -2.11. The number of nitrogens with zero attached hydrogens (tertiary/aromatic N) is 3. The number of hydrogen-bond donors (Lipinski definition) is 0. The molecule has 2 aromatic rings. The van der Waals surface area contributed by atoms with Crippen LogP contribution in [0.3, 0.4) is 0 Å². The van der Waals surface area contributed by atoms with Crippen LogP contribution in [0.15, 0.2) is 36.5 Å². The second kappa shape index (κ2) is 7.72. The maximum Gasteiger partial charge on any atom is 0.251 e. The minimum absolute atomic E-state index is 0.00881. The van der Waals surface area contributed by atoms with Gasteiger partial charge < -0.3 is 4.90 Å². The summed E-state index contributed by atoms with van der Waals surface area (Å²) >= 11 is 12.0. The Balaban J connectivity index is 1.65. The summed E-state index contributed by atoms with van der Waals surface area (Å²) < 4.78 is 0. The molecule has 0 spiro atoms. The lowest BCUT2D eigenvalue weighted by atomic mass is 9.77. The van der Waals surface area contributed by atoms with Crippen LogP contribution in [0.1, 0.15) is 30.4 Å². The average molecular weight is 418 g/mol. The summed E-state index contributed by atoms with van der Waals surface area (Å²) in [4.78, 5) is 34.1. The lowest BCUT2D eigenvalue weighted by Gasteiger charge is -2.46. The zero-order valence-corrected chi connectivity index (χ0v) is 17.1. The van der Waals surface area contributed by atoms with Crippen molar-refractivity contribution in [1.82, 2.24) is 9.88 Å². The Labute approximate surface area is 174 Å². The number of halogens is 2. The number of hydrogen-bond acceptors (Lipinski definition) is 3. The highest BCUT2D eigenvalue weighted by atomic mass is 35.5. The molecule has 1 aliphatic carbocycles. The lowest BCUT2D eigenvalue weighted by molar-refractivity contribution is -0.147. The molecule has 0 unspecified atom stereocenters. The van der Waals surface area contributed by atoms with E-state index in [2.05, 4.69) is 4.98 Å². The molecule has 5 nitrogen and oxygen atoms in total. The number of carbonyl (C=O) groups excluding carboxylic acids is 2. The van der Waals surface area contributed by atoms with Crippen LogP contribution in [0.4, 0.5) is 5.82 Å². The second-order valence-corrected chi connectivity index (χ2v) is 8.38. The van der Waals surface area contributed by atoms with Crippen LogP contribution in [-0.4, -0.2) is 34.3 Å². The first-order valence-corrected chi connectivity index (χ1v) is 10.2. The largest absolute Gasteiger partial charge is 0.324 e. The van der Waals surface area contributed by atoms with Crippen molar-refractivity contribution in [3.63, 3.8) is 0 Å². The number of benzene rings is 1. The molecule has 1 atom stereocenters. The van der Waals surface area contributed by atoms with Crippen LogP contribution in [0, 0.1) is 12.8 Å². The van der Waals surface area contributed by atoms with Gasteiger partial charge in [-0.15, -0.1) is 0 Å². The summed E-state index contributed by atoms with van der Waals surface area (Å²) in [6, 6.07) is 8.71. The predicted molar refractivity (Wildman–Crippen MR) is 109 cm³/mol. The molecule has 28 heavy (non-hydrogen) atoms. The molecule has 0 N–H and O–H groups in total. The van der Waals surface area contributed by atoms with E-state index in [0.29, 0.717) is 22.4 Å². The minimum atomic E-state index is -0.456. The molecule has 1 aliphatic heterocycles. The smallest absolute Gasteiger partial charge is 0.251 e. The summed E-state index contributed by atoms with van der Waals surface area (Å²) in [5.74, 6) is 0.580. The summed E-state index contributed by atoms with van der Waals surface area (Å²) in [6.45, 7) is 2.25. The van der Waals surface area contributed by atoms with Gasteiger partial charge in [0.25, 0.3) is 5.91 Å². The summed E-state index contributed by atoms with van der Waals surface area (Å²) in [5, 5.41) is 1.16. The van der Waals surface area contributed by atoms with Gasteiger partial charge in [0.1, 0.15) is 18.4 Å². The first kappa shape index (κ1) is 19.2. The number of piperazine rings is 1. The molecular weight excluding hydrogens is 397 g/mol. The van der Waals surface area contributed by atoms with Crippen molar-refractivity contribution >= 4 is 40.8 Å². The fraction of sp³-hybridized carbons (Fsp3) is 0.381. The SMILES string of the molecule is Cc1cc(Cl)cnc1N1CC(=O)N(Cc2ccc(Cl)cc2)[C@@H](C2CCC2)C1=O. The Kier molecular flexibility index (Phi) is 5.30. The molecule has 0 bridgehead atoms. The van der Waals surface area contributed by atoms with E-state index in [4.69, 9.17) is 23.2 Å². The van der Waals surface area contributed by atoms with E-state index in [0.717, 1.165) is 30.4 Å². The highest BCUT2D eigenvalue weighted by molar-refractivity contribution is 6.30.